The molecule has 0 unspecified atom stereocenters. The van der Waals surface area contributed by atoms with E-state index < -0.39 is 0 Å². The SMILES string of the molecule is COc1ccccc1CNC(=O)CN1CCOc2ccccc2C(=O)NCCCC1=O. The van der Waals surface area contributed by atoms with Crippen LogP contribution in [0.1, 0.15) is 28.8 Å². The summed E-state index contributed by atoms with van der Waals surface area (Å²) in [4.78, 5) is 38.9. The maximum atomic E-state index is 12.6. The maximum absolute atomic E-state index is 12.6. The number of fused-ring (bicyclic) bond motifs is 1. The van der Waals surface area contributed by atoms with Gasteiger partial charge in [-0.3, -0.25) is 14.4 Å². The minimum Gasteiger partial charge on any atom is -0.496 e. The number of nitrogens with zero attached hydrogens (tertiary/aromatic N) is 1. The number of nitrogens with one attached hydrogen (secondary N) is 2. The smallest absolute Gasteiger partial charge is 0.255 e. The summed E-state index contributed by atoms with van der Waals surface area (Å²) in [6, 6.07) is 14.4. The Morgan fingerprint density at radius 3 is 2.77 bits per heavy atom. The van der Waals surface area contributed by atoms with E-state index in [1.807, 2.05) is 24.3 Å². The Balaban J connectivity index is 1.62. The Labute approximate surface area is 181 Å². The van der Waals surface area contributed by atoms with E-state index in [1.165, 1.54) is 4.90 Å². The van der Waals surface area contributed by atoms with Gasteiger partial charge < -0.3 is 25.0 Å². The molecule has 0 spiro atoms. The molecule has 8 nitrogen and oxygen atoms in total. The van der Waals surface area contributed by atoms with Crippen LogP contribution in [0.25, 0.3) is 0 Å². The van der Waals surface area contributed by atoms with E-state index in [1.54, 1.807) is 31.4 Å². The Morgan fingerprint density at radius 1 is 1.16 bits per heavy atom. The topological polar surface area (TPSA) is 97.0 Å². The molecule has 0 aliphatic carbocycles. The van der Waals surface area contributed by atoms with Gasteiger partial charge >= 0.3 is 0 Å². The number of ether oxygens (including phenoxy) is 2. The summed E-state index contributed by atoms with van der Waals surface area (Å²) >= 11 is 0. The number of rotatable bonds is 5. The molecule has 3 amide bonds. The molecule has 1 aliphatic rings. The zero-order valence-electron chi connectivity index (χ0n) is 17.6. The quantitative estimate of drug-likeness (QED) is 0.761. The molecule has 0 radical (unpaired) electrons. The summed E-state index contributed by atoms with van der Waals surface area (Å²) < 4.78 is 11.0. The van der Waals surface area contributed by atoms with E-state index >= 15 is 0 Å². The van der Waals surface area contributed by atoms with Crippen molar-refractivity contribution >= 4 is 17.7 Å². The molecular weight excluding hydrogens is 398 g/mol. The molecule has 0 aromatic heterocycles. The minimum atomic E-state index is -0.264. The number of hydrogen-bond donors (Lipinski definition) is 2. The van der Waals surface area contributed by atoms with Crippen LogP contribution in [0.5, 0.6) is 11.5 Å². The van der Waals surface area contributed by atoms with Gasteiger partial charge in [-0.25, -0.2) is 0 Å². The molecule has 2 N–H and O–H groups in total. The summed E-state index contributed by atoms with van der Waals surface area (Å²) in [5.74, 6) is 0.503. The van der Waals surface area contributed by atoms with Crippen molar-refractivity contribution in [3.8, 4) is 11.5 Å². The minimum absolute atomic E-state index is 0.0641. The molecule has 1 heterocycles. The molecule has 0 saturated heterocycles. The van der Waals surface area contributed by atoms with Crippen molar-refractivity contribution in [2.75, 3.05) is 33.4 Å². The first-order chi connectivity index (χ1) is 15.1. The van der Waals surface area contributed by atoms with E-state index in [2.05, 4.69) is 10.6 Å². The first-order valence-electron chi connectivity index (χ1n) is 10.2. The van der Waals surface area contributed by atoms with Crippen molar-refractivity contribution in [3.05, 3.63) is 59.7 Å². The van der Waals surface area contributed by atoms with Crippen molar-refractivity contribution in [3.63, 3.8) is 0 Å². The second-order valence-corrected chi connectivity index (χ2v) is 7.11. The Hall–Kier alpha value is -3.55. The summed E-state index contributed by atoms with van der Waals surface area (Å²) in [7, 11) is 1.58. The van der Waals surface area contributed by atoms with Crippen LogP contribution in [0.4, 0.5) is 0 Å². The number of methoxy groups -OCH3 is 1. The lowest BCUT2D eigenvalue weighted by Gasteiger charge is -2.23. The van der Waals surface area contributed by atoms with Crippen LogP contribution < -0.4 is 20.1 Å². The van der Waals surface area contributed by atoms with Gasteiger partial charge in [0.1, 0.15) is 18.1 Å². The highest BCUT2D eigenvalue weighted by Crippen LogP contribution is 2.19. The maximum Gasteiger partial charge on any atom is 0.255 e. The number of amides is 3. The molecule has 164 valence electrons. The fourth-order valence-electron chi connectivity index (χ4n) is 3.30. The molecule has 0 bridgehead atoms. The predicted octanol–water partition coefficient (Wildman–Crippen LogP) is 1.74. The van der Waals surface area contributed by atoms with Crippen LogP contribution >= 0.6 is 0 Å². The highest BCUT2D eigenvalue weighted by molar-refractivity contribution is 5.96. The van der Waals surface area contributed by atoms with Gasteiger partial charge in [0.05, 0.1) is 25.8 Å². The standard InChI is InChI=1S/C23H27N3O5/c1-30-19-9-4-2-7-17(19)15-25-21(27)16-26-13-14-31-20-10-5-3-8-18(20)23(29)24-12-6-11-22(26)28/h2-5,7-10H,6,11-16H2,1H3,(H,24,29)(H,25,27). The fourth-order valence-corrected chi connectivity index (χ4v) is 3.30. The fraction of sp³-hybridized carbons (Fsp3) is 0.348. The van der Waals surface area contributed by atoms with Crippen molar-refractivity contribution in [1.82, 2.24) is 15.5 Å². The normalized spacial score (nSPS) is 14.9. The third kappa shape index (κ3) is 6.21. The zero-order valence-corrected chi connectivity index (χ0v) is 17.6. The van der Waals surface area contributed by atoms with E-state index in [-0.39, 0.29) is 43.8 Å². The first-order valence-corrected chi connectivity index (χ1v) is 10.2. The summed E-state index contributed by atoms with van der Waals surface area (Å²) in [6.07, 6.45) is 0.731. The van der Waals surface area contributed by atoms with Gasteiger partial charge in [0, 0.05) is 25.1 Å². The number of carbonyl (C=O) groups is 3. The molecule has 0 atom stereocenters. The van der Waals surface area contributed by atoms with Crippen molar-refractivity contribution in [2.45, 2.75) is 19.4 Å². The number of para-hydroxylation sites is 2. The molecule has 31 heavy (non-hydrogen) atoms. The van der Waals surface area contributed by atoms with Gasteiger partial charge in [0.15, 0.2) is 0 Å². The van der Waals surface area contributed by atoms with Gasteiger partial charge in [0.25, 0.3) is 5.91 Å². The van der Waals surface area contributed by atoms with Gasteiger partial charge in [-0.05, 0) is 24.6 Å². The van der Waals surface area contributed by atoms with Crippen LogP contribution in [-0.2, 0) is 16.1 Å². The van der Waals surface area contributed by atoms with Crippen molar-refractivity contribution < 1.29 is 23.9 Å². The van der Waals surface area contributed by atoms with E-state index in [0.29, 0.717) is 36.6 Å². The van der Waals surface area contributed by atoms with Crippen molar-refractivity contribution in [1.29, 1.82) is 0 Å². The van der Waals surface area contributed by atoms with Gasteiger partial charge in [-0.15, -0.1) is 0 Å². The summed E-state index contributed by atoms with van der Waals surface area (Å²) in [5, 5.41) is 5.64. The molecule has 0 fully saturated rings. The lowest BCUT2D eigenvalue weighted by molar-refractivity contribution is -0.136. The molecule has 8 heteroatoms. The van der Waals surface area contributed by atoms with Gasteiger partial charge in [0.2, 0.25) is 11.8 Å². The molecule has 0 saturated carbocycles. The largest absolute Gasteiger partial charge is 0.496 e. The molecular formula is C23H27N3O5. The van der Waals surface area contributed by atoms with E-state index in [0.717, 1.165) is 5.56 Å². The highest BCUT2D eigenvalue weighted by atomic mass is 16.5. The third-order valence-electron chi connectivity index (χ3n) is 4.96. The number of hydrogen-bond acceptors (Lipinski definition) is 5. The van der Waals surface area contributed by atoms with Crippen LogP contribution in [0.2, 0.25) is 0 Å². The molecule has 2 aromatic rings. The molecule has 1 aliphatic heterocycles. The Bertz CT molecular complexity index is 931. The van der Waals surface area contributed by atoms with Crippen LogP contribution in [0, 0.1) is 0 Å². The highest BCUT2D eigenvalue weighted by Gasteiger charge is 2.19. The third-order valence-corrected chi connectivity index (χ3v) is 4.96. The van der Waals surface area contributed by atoms with E-state index in [9.17, 15) is 14.4 Å². The summed E-state index contributed by atoms with van der Waals surface area (Å²) in [5.41, 5.74) is 1.31. The Morgan fingerprint density at radius 2 is 1.94 bits per heavy atom. The lowest BCUT2D eigenvalue weighted by Crippen LogP contribution is -2.43. The Kier molecular flexibility index (Phi) is 7.86. The molecule has 2 aromatic carbocycles. The van der Waals surface area contributed by atoms with Crippen molar-refractivity contribution in [2.24, 2.45) is 0 Å². The average Bonchev–Trinajstić information content (AvgIpc) is 2.79. The number of carbonyl (C=O) groups excluding carboxylic acids is 3. The second kappa shape index (κ2) is 11.0. The van der Waals surface area contributed by atoms with Crippen LogP contribution in [-0.4, -0.2) is 56.0 Å². The summed E-state index contributed by atoms with van der Waals surface area (Å²) in [6.45, 7) is 1.03. The molecule has 3 rings (SSSR count). The second-order valence-electron chi connectivity index (χ2n) is 7.11. The van der Waals surface area contributed by atoms with Gasteiger partial charge in [-0.1, -0.05) is 30.3 Å². The van der Waals surface area contributed by atoms with Crippen LogP contribution in [0.3, 0.4) is 0 Å². The lowest BCUT2D eigenvalue weighted by atomic mass is 10.1. The first kappa shape index (κ1) is 22.1. The van der Waals surface area contributed by atoms with Gasteiger partial charge in [-0.2, -0.15) is 0 Å². The number of benzene rings is 2. The predicted molar refractivity (Wildman–Crippen MR) is 115 cm³/mol. The van der Waals surface area contributed by atoms with E-state index in [4.69, 9.17) is 9.47 Å². The average molecular weight is 425 g/mol. The zero-order chi connectivity index (χ0) is 22.1. The van der Waals surface area contributed by atoms with Crippen LogP contribution in [0.15, 0.2) is 48.5 Å². The monoisotopic (exact) mass is 425 g/mol.